The molecule has 2 unspecified atom stereocenters. The summed E-state index contributed by atoms with van der Waals surface area (Å²) in [5, 5.41) is 0. The third-order valence-corrected chi connectivity index (χ3v) is 4.31. The predicted molar refractivity (Wildman–Crippen MR) is 41.7 cm³/mol. The Kier molecular flexibility index (Phi) is 3.27. The van der Waals surface area contributed by atoms with Crippen molar-refractivity contribution in [1.82, 2.24) is 0 Å². The lowest BCUT2D eigenvalue weighted by molar-refractivity contribution is 0.0932. The summed E-state index contributed by atoms with van der Waals surface area (Å²) in [5.41, 5.74) is 0. The van der Waals surface area contributed by atoms with Gasteiger partial charge in [-0.3, -0.25) is 9.05 Å². The van der Waals surface area contributed by atoms with Crippen LogP contribution in [0.1, 0.15) is 6.42 Å². The lowest BCUT2D eigenvalue weighted by atomic mass is 10.5. The quantitative estimate of drug-likeness (QED) is 0.286. The maximum absolute atomic E-state index is 11.1. The zero-order valence-electron chi connectivity index (χ0n) is 5.52. The van der Waals surface area contributed by atoms with Gasteiger partial charge in [0.05, 0.1) is 6.61 Å². The van der Waals surface area contributed by atoms with Crippen molar-refractivity contribution in [2.75, 3.05) is 6.61 Å². The first-order valence-corrected chi connectivity index (χ1v) is 5.90. The Morgan fingerprint density at radius 2 is 2.50 bits per heavy atom. The molecule has 1 heterocycles. The maximum Gasteiger partial charge on any atom is 0.484 e. The molecule has 0 spiro atoms. The summed E-state index contributed by atoms with van der Waals surface area (Å²) in [6.07, 6.45) is 0.799. The number of thiol groups is 1. The Morgan fingerprint density at radius 3 is 2.90 bits per heavy atom. The molecule has 1 aliphatic rings. The summed E-state index contributed by atoms with van der Waals surface area (Å²) in [7, 11) is -3.25. The topological polar surface area (TPSA) is 44.8 Å². The first-order valence-electron chi connectivity index (χ1n) is 2.92. The van der Waals surface area contributed by atoms with Crippen LogP contribution in [0.25, 0.3) is 0 Å². The number of hydrogen-bond acceptors (Lipinski definition) is 5. The van der Waals surface area contributed by atoms with Crippen LogP contribution in [0.4, 0.5) is 0 Å². The van der Waals surface area contributed by atoms with E-state index < -0.39 is 7.82 Å². The van der Waals surface area contributed by atoms with E-state index in [1.165, 1.54) is 0 Å². The van der Waals surface area contributed by atoms with Crippen LogP contribution in [0.15, 0.2) is 0 Å². The first-order chi connectivity index (χ1) is 4.66. The van der Waals surface area contributed by atoms with Gasteiger partial charge in [-0.2, -0.15) is 0 Å². The second kappa shape index (κ2) is 3.59. The molecule has 1 fully saturated rings. The number of phosphoric ester groups is 1. The van der Waals surface area contributed by atoms with E-state index >= 15 is 0 Å². The predicted octanol–water partition coefficient (Wildman–Crippen LogP) is 0.352. The molecule has 0 aromatic heterocycles. The number of phosphoric acid groups is 1. The normalized spacial score (nSPS) is 41.5. The molecular weight excluding hydrogens is 190 g/mol. The van der Waals surface area contributed by atoms with E-state index in [4.69, 9.17) is 9.05 Å². The SMILES string of the molecule is O=P1(OS)OCC[CH]([AlH2])O1. The lowest BCUT2D eigenvalue weighted by Gasteiger charge is -2.24. The monoisotopic (exact) mass is 198 g/mol. The minimum absolute atomic E-state index is 0.0618. The van der Waals surface area contributed by atoms with Gasteiger partial charge in [0.1, 0.15) is 0 Å². The van der Waals surface area contributed by atoms with Crippen molar-refractivity contribution in [2.45, 2.75) is 11.4 Å². The van der Waals surface area contributed by atoms with Gasteiger partial charge in [0.15, 0.2) is 0 Å². The van der Waals surface area contributed by atoms with Crippen molar-refractivity contribution in [2.24, 2.45) is 0 Å². The van der Waals surface area contributed by atoms with E-state index in [-0.39, 0.29) is 4.97 Å². The molecule has 0 aromatic carbocycles. The van der Waals surface area contributed by atoms with E-state index in [9.17, 15) is 4.57 Å². The molecule has 1 rings (SSSR count). The van der Waals surface area contributed by atoms with Gasteiger partial charge in [-0.1, -0.05) is 0 Å². The van der Waals surface area contributed by atoms with Crippen LogP contribution in [0.2, 0.25) is 0 Å². The van der Waals surface area contributed by atoms with Crippen LogP contribution in [-0.2, 0) is 17.6 Å². The molecule has 0 radical (unpaired) electrons. The number of rotatable bonds is 1. The minimum Gasteiger partial charge on any atom is -0.299 e. The zero-order valence-corrected chi connectivity index (χ0v) is 9.31. The Balaban J connectivity index is 2.54. The minimum atomic E-state index is -3.25. The second-order valence-electron chi connectivity index (χ2n) is 2.07. The van der Waals surface area contributed by atoms with E-state index in [0.29, 0.717) is 6.61 Å². The fraction of sp³-hybridized carbons (Fsp3) is 1.00. The van der Waals surface area contributed by atoms with E-state index in [2.05, 4.69) is 16.9 Å². The van der Waals surface area contributed by atoms with Gasteiger partial charge < -0.3 is 0 Å². The summed E-state index contributed by atoms with van der Waals surface area (Å²) in [6, 6.07) is 0. The fourth-order valence-electron chi connectivity index (χ4n) is 0.677. The first kappa shape index (κ1) is 9.08. The third-order valence-electron chi connectivity index (χ3n) is 1.18. The maximum atomic E-state index is 11.1. The summed E-state index contributed by atoms with van der Waals surface area (Å²) in [5.74, 6) is 0. The zero-order chi connectivity index (χ0) is 7.61. The highest BCUT2D eigenvalue weighted by Gasteiger charge is 2.32. The Bertz CT molecular complexity index is 165. The molecule has 1 aliphatic heterocycles. The molecule has 0 N–H and O–H groups in total. The van der Waals surface area contributed by atoms with E-state index in [0.717, 1.165) is 22.7 Å². The molecule has 4 nitrogen and oxygen atoms in total. The van der Waals surface area contributed by atoms with Crippen molar-refractivity contribution in [3.8, 4) is 0 Å². The smallest absolute Gasteiger partial charge is 0.299 e. The van der Waals surface area contributed by atoms with Crippen LogP contribution in [0, 0.1) is 0 Å². The summed E-state index contributed by atoms with van der Waals surface area (Å²) in [6.45, 7) is 0.437. The molecule has 2 atom stereocenters. The van der Waals surface area contributed by atoms with Gasteiger partial charge >= 0.3 is 7.82 Å². The van der Waals surface area contributed by atoms with Crippen LogP contribution in [0.3, 0.4) is 0 Å². The van der Waals surface area contributed by atoms with Crippen molar-refractivity contribution in [3.63, 3.8) is 0 Å². The van der Waals surface area contributed by atoms with Crippen LogP contribution in [-0.4, -0.2) is 27.9 Å². The van der Waals surface area contributed by atoms with Crippen LogP contribution >= 0.6 is 20.7 Å². The average molecular weight is 198 g/mol. The molecule has 10 heavy (non-hydrogen) atoms. The molecule has 0 bridgehead atoms. The van der Waals surface area contributed by atoms with Gasteiger partial charge in [0.25, 0.3) is 16.3 Å². The Hall–Kier alpha value is 0.992. The largest absolute Gasteiger partial charge is 0.484 e. The van der Waals surface area contributed by atoms with Crippen molar-refractivity contribution in [1.29, 1.82) is 0 Å². The Morgan fingerprint density at radius 1 is 1.80 bits per heavy atom. The molecule has 0 aliphatic carbocycles. The van der Waals surface area contributed by atoms with Gasteiger partial charge in [-0.15, -0.1) is 0 Å². The van der Waals surface area contributed by atoms with Crippen molar-refractivity contribution in [3.05, 3.63) is 0 Å². The lowest BCUT2D eigenvalue weighted by Crippen LogP contribution is -2.20. The Labute approximate surface area is 72.9 Å². The van der Waals surface area contributed by atoms with Crippen LogP contribution < -0.4 is 0 Å². The van der Waals surface area contributed by atoms with E-state index in [1.54, 1.807) is 0 Å². The van der Waals surface area contributed by atoms with Crippen molar-refractivity contribution >= 4 is 37.0 Å². The molecule has 1 saturated heterocycles. The average Bonchev–Trinajstić information content (AvgIpc) is 1.88. The van der Waals surface area contributed by atoms with Crippen LogP contribution in [0.5, 0.6) is 0 Å². The molecular formula is C3H8AlO4PS. The fourth-order valence-corrected chi connectivity index (χ4v) is 2.97. The summed E-state index contributed by atoms with van der Waals surface area (Å²) < 4.78 is 25.0. The molecule has 0 saturated carbocycles. The highest BCUT2D eigenvalue weighted by molar-refractivity contribution is 7.80. The van der Waals surface area contributed by atoms with E-state index in [1.807, 2.05) is 0 Å². The molecule has 7 heteroatoms. The molecule has 58 valence electrons. The van der Waals surface area contributed by atoms with Gasteiger partial charge in [-0.05, 0) is 19.3 Å². The highest BCUT2D eigenvalue weighted by Crippen LogP contribution is 2.53. The van der Waals surface area contributed by atoms with Gasteiger partial charge in [0.2, 0.25) is 0 Å². The summed E-state index contributed by atoms with van der Waals surface area (Å²) >= 11 is 4.23. The molecule has 0 aromatic rings. The highest BCUT2D eigenvalue weighted by atomic mass is 32.1. The summed E-state index contributed by atoms with van der Waals surface area (Å²) in [4.78, 5) is 0.0618. The standard InChI is InChI=1S/C3H6O4PS.Al.2H/c4-8(7-9)5-2-1-3-6-8;;;/h2,9H,1,3H2;;;. The molecule has 0 amide bonds. The third kappa shape index (κ3) is 2.25. The van der Waals surface area contributed by atoms with Crippen molar-refractivity contribution < 1.29 is 17.6 Å². The second-order valence-corrected chi connectivity index (χ2v) is 5.37. The van der Waals surface area contributed by atoms with Gasteiger partial charge in [-0.25, -0.2) is 8.54 Å². The van der Waals surface area contributed by atoms with Gasteiger partial charge in [0, 0.05) is 4.97 Å². The number of hydrogen-bond donors (Lipinski definition) is 1.